The number of hydrogen-bond donors (Lipinski definition) is 0. The summed E-state index contributed by atoms with van der Waals surface area (Å²) in [5.74, 6) is 0. The van der Waals surface area contributed by atoms with Crippen LogP contribution in [0.2, 0.25) is 0 Å². The lowest BCUT2D eigenvalue weighted by molar-refractivity contribution is 0.949. The third-order valence-corrected chi connectivity index (χ3v) is 2.67. The van der Waals surface area contributed by atoms with Crippen molar-refractivity contribution in [2.45, 2.75) is 25.7 Å². The SMILES string of the molecule is BrCCCC=CCCc1ccccc1. The predicted octanol–water partition coefficient (Wildman–Crippen LogP) is 4.35. The Morgan fingerprint density at radius 1 is 1.00 bits per heavy atom. The molecule has 0 saturated carbocycles. The second-order valence-corrected chi connectivity index (χ2v) is 4.12. The van der Waals surface area contributed by atoms with Gasteiger partial charge in [-0.2, -0.15) is 0 Å². The van der Waals surface area contributed by atoms with Gasteiger partial charge in [-0.3, -0.25) is 0 Å². The van der Waals surface area contributed by atoms with Crippen LogP contribution in [0.15, 0.2) is 42.5 Å². The Balaban J connectivity index is 2.12. The molecular formula is C13H17Br. The molecule has 0 unspecified atom stereocenters. The molecule has 0 aliphatic rings. The van der Waals surface area contributed by atoms with Crippen LogP contribution < -0.4 is 0 Å². The molecule has 0 atom stereocenters. The Labute approximate surface area is 95.2 Å². The van der Waals surface area contributed by atoms with Crippen molar-refractivity contribution >= 4 is 15.9 Å². The number of halogens is 1. The van der Waals surface area contributed by atoms with Gasteiger partial charge in [0.15, 0.2) is 0 Å². The van der Waals surface area contributed by atoms with Crippen molar-refractivity contribution in [3.8, 4) is 0 Å². The smallest absolute Gasteiger partial charge is 0.00342 e. The fourth-order valence-corrected chi connectivity index (χ4v) is 1.65. The first kappa shape index (κ1) is 11.5. The zero-order valence-corrected chi connectivity index (χ0v) is 10.0. The van der Waals surface area contributed by atoms with E-state index in [0.717, 1.165) is 18.2 Å². The molecule has 0 N–H and O–H groups in total. The molecule has 1 heteroatoms. The van der Waals surface area contributed by atoms with Gasteiger partial charge in [0.25, 0.3) is 0 Å². The first-order valence-corrected chi connectivity index (χ1v) is 6.30. The van der Waals surface area contributed by atoms with E-state index >= 15 is 0 Å². The summed E-state index contributed by atoms with van der Waals surface area (Å²) in [4.78, 5) is 0. The minimum Gasteiger partial charge on any atom is -0.0928 e. The van der Waals surface area contributed by atoms with E-state index in [1.807, 2.05) is 0 Å². The summed E-state index contributed by atoms with van der Waals surface area (Å²) in [5.41, 5.74) is 1.43. The molecule has 76 valence electrons. The summed E-state index contributed by atoms with van der Waals surface area (Å²) in [6.45, 7) is 0. The van der Waals surface area contributed by atoms with Crippen molar-refractivity contribution < 1.29 is 0 Å². The Morgan fingerprint density at radius 3 is 2.43 bits per heavy atom. The third-order valence-electron chi connectivity index (χ3n) is 2.11. The molecule has 0 amide bonds. The maximum absolute atomic E-state index is 3.42. The standard InChI is InChI=1S/C13H17Br/c14-12-8-3-1-2-5-9-13-10-6-4-7-11-13/h1-2,4,6-7,10-11H,3,5,8-9,12H2. The fourth-order valence-electron chi connectivity index (χ4n) is 1.33. The Hall–Kier alpha value is -0.560. The summed E-state index contributed by atoms with van der Waals surface area (Å²) in [7, 11) is 0. The van der Waals surface area contributed by atoms with Crippen LogP contribution in [0.4, 0.5) is 0 Å². The first-order chi connectivity index (χ1) is 6.93. The number of aryl methyl sites for hydroxylation is 1. The van der Waals surface area contributed by atoms with E-state index in [9.17, 15) is 0 Å². The van der Waals surface area contributed by atoms with Crippen LogP contribution in [-0.4, -0.2) is 5.33 Å². The van der Waals surface area contributed by atoms with E-state index in [0.29, 0.717) is 0 Å². The van der Waals surface area contributed by atoms with Crippen molar-refractivity contribution in [3.05, 3.63) is 48.0 Å². The van der Waals surface area contributed by atoms with Gasteiger partial charge in [-0.25, -0.2) is 0 Å². The zero-order valence-electron chi connectivity index (χ0n) is 8.45. The quantitative estimate of drug-likeness (QED) is 0.401. The second-order valence-electron chi connectivity index (χ2n) is 3.33. The van der Waals surface area contributed by atoms with Gasteiger partial charge < -0.3 is 0 Å². The van der Waals surface area contributed by atoms with Gasteiger partial charge in [0.1, 0.15) is 0 Å². The van der Waals surface area contributed by atoms with E-state index in [4.69, 9.17) is 0 Å². The molecule has 14 heavy (non-hydrogen) atoms. The van der Waals surface area contributed by atoms with Gasteiger partial charge in [0.2, 0.25) is 0 Å². The van der Waals surface area contributed by atoms with Crippen LogP contribution in [0.1, 0.15) is 24.8 Å². The minimum atomic E-state index is 1.11. The molecule has 0 bridgehead atoms. The van der Waals surface area contributed by atoms with Crippen LogP contribution in [-0.2, 0) is 6.42 Å². The lowest BCUT2D eigenvalue weighted by Gasteiger charge is -1.96. The van der Waals surface area contributed by atoms with Crippen molar-refractivity contribution in [1.29, 1.82) is 0 Å². The summed E-state index contributed by atoms with van der Waals surface area (Å²) in [6.07, 6.45) is 9.32. The summed E-state index contributed by atoms with van der Waals surface area (Å²) < 4.78 is 0. The average molecular weight is 253 g/mol. The summed E-state index contributed by atoms with van der Waals surface area (Å²) in [6, 6.07) is 10.6. The number of allylic oxidation sites excluding steroid dienone is 2. The monoisotopic (exact) mass is 252 g/mol. The van der Waals surface area contributed by atoms with Crippen molar-refractivity contribution in [3.63, 3.8) is 0 Å². The topological polar surface area (TPSA) is 0 Å². The second kappa shape index (κ2) is 7.81. The molecule has 0 aromatic heterocycles. The van der Waals surface area contributed by atoms with E-state index in [1.165, 1.54) is 18.4 Å². The molecular weight excluding hydrogens is 236 g/mol. The molecule has 0 spiro atoms. The summed E-state index contributed by atoms with van der Waals surface area (Å²) >= 11 is 3.42. The largest absolute Gasteiger partial charge is 0.0928 e. The number of benzene rings is 1. The van der Waals surface area contributed by atoms with Gasteiger partial charge in [0, 0.05) is 5.33 Å². The first-order valence-electron chi connectivity index (χ1n) is 5.18. The van der Waals surface area contributed by atoms with E-state index in [2.05, 4.69) is 58.4 Å². The molecule has 0 nitrogen and oxygen atoms in total. The van der Waals surface area contributed by atoms with Gasteiger partial charge in [-0.1, -0.05) is 58.4 Å². The fraction of sp³-hybridized carbons (Fsp3) is 0.385. The summed E-state index contributed by atoms with van der Waals surface area (Å²) in [5, 5.41) is 1.11. The Bertz CT molecular complexity index is 251. The molecule has 0 aliphatic carbocycles. The van der Waals surface area contributed by atoms with E-state index < -0.39 is 0 Å². The predicted molar refractivity (Wildman–Crippen MR) is 66.9 cm³/mol. The average Bonchev–Trinajstić information content (AvgIpc) is 2.25. The highest BCUT2D eigenvalue weighted by atomic mass is 79.9. The molecule has 1 rings (SSSR count). The van der Waals surface area contributed by atoms with Gasteiger partial charge >= 0.3 is 0 Å². The van der Waals surface area contributed by atoms with Gasteiger partial charge in [-0.15, -0.1) is 0 Å². The third kappa shape index (κ3) is 5.23. The van der Waals surface area contributed by atoms with Gasteiger partial charge in [-0.05, 0) is 31.2 Å². The maximum atomic E-state index is 3.42. The number of unbranched alkanes of at least 4 members (excludes halogenated alkanes) is 1. The van der Waals surface area contributed by atoms with Gasteiger partial charge in [0.05, 0.1) is 0 Å². The van der Waals surface area contributed by atoms with Crippen molar-refractivity contribution in [1.82, 2.24) is 0 Å². The molecule has 0 aliphatic heterocycles. The number of hydrogen-bond acceptors (Lipinski definition) is 0. The minimum absolute atomic E-state index is 1.11. The van der Waals surface area contributed by atoms with Crippen molar-refractivity contribution in [2.24, 2.45) is 0 Å². The number of rotatable bonds is 6. The Kier molecular flexibility index (Phi) is 6.42. The normalized spacial score (nSPS) is 10.9. The molecule has 0 heterocycles. The maximum Gasteiger partial charge on any atom is 0.00342 e. The van der Waals surface area contributed by atoms with Crippen LogP contribution in [0.3, 0.4) is 0 Å². The lowest BCUT2D eigenvalue weighted by Crippen LogP contribution is -1.81. The molecule has 1 aromatic rings. The lowest BCUT2D eigenvalue weighted by atomic mass is 10.1. The highest BCUT2D eigenvalue weighted by molar-refractivity contribution is 9.09. The van der Waals surface area contributed by atoms with Crippen LogP contribution in [0.25, 0.3) is 0 Å². The number of alkyl halides is 1. The van der Waals surface area contributed by atoms with Crippen LogP contribution in [0, 0.1) is 0 Å². The highest BCUT2D eigenvalue weighted by Crippen LogP contribution is 2.03. The van der Waals surface area contributed by atoms with E-state index in [1.54, 1.807) is 0 Å². The molecule has 1 aromatic carbocycles. The van der Waals surface area contributed by atoms with E-state index in [-0.39, 0.29) is 0 Å². The Morgan fingerprint density at radius 2 is 1.71 bits per heavy atom. The molecule has 0 fully saturated rings. The molecule has 0 radical (unpaired) electrons. The van der Waals surface area contributed by atoms with Crippen LogP contribution >= 0.6 is 15.9 Å². The van der Waals surface area contributed by atoms with Crippen molar-refractivity contribution in [2.75, 3.05) is 5.33 Å². The zero-order chi connectivity index (χ0) is 10.1. The molecule has 0 saturated heterocycles. The van der Waals surface area contributed by atoms with Crippen LogP contribution in [0.5, 0.6) is 0 Å². The highest BCUT2D eigenvalue weighted by Gasteiger charge is 1.87.